The number of fused-ring (bicyclic) bond motifs is 1. The zero-order chi connectivity index (χ0) is 13.4. The fourth-order valence-corrected chi connectivity index (χ4v) is 4.27. The van der Waals surface area contributed by atoms with Crippen molar-refractivity contribution in [1.82, 2.24) is 4.98 Å². The van der Waals surface area contributed by atoms with Crippen molar-refractivity contribution in [2.24, 2.45) is 4.99 Å². The number of phenols is 1. The maximum absolute atomic E-state index is 9.95. The molecule has 98 valence electrons. The molecule has 0 spiro atoms. The highest BCUT2D eigenvalue weighted by Gasteiger charge is 2.20. The number of thiazole rings is 1. The Balaban J connectivity index is 2.13. The van der Waals surface area contributed by atoms with Crippen LogP contribution in [0.3, 0.4) is 0 Å². The Morgan fingerprint density at radius 3 is 3.05 bits per heavy atom. The zero-order valence-corrected chi connectivity index (χ0v) is 12.2. The van der Waals surface area contributed by atoms with Crippen LogP contribution >= 0.6 is 23.1 Å². The molecule has 0 aliphatic carbocycles. The molecule has 1 aliphatic heterocycles. The Kier molecular flexibility index (Phi) is 3.33. The molecule has 1 aromatic heterocycles. The fourth-order valence-electron chi connectivity index (χ4n) is 2.06. The second kappa shape index (κ2) is 4.98. The van der Waals surface area contributed by atoms with E-state index in [1.165, 1.54) is 0 Å². The maximum Gasteiger partial charge on any atom is 0.149 e. The van der Waals surface area contributed by atoms with Crippen LogP contribution in [-0.4, -0.2) is 26.9 Å². The third kappa shape index (κ3) is 2.28. The monoisotopic (exact) mass is 290 g/mol. The molecule has 0 fully saturated rings. The van der Waals surface area contributed by atoms with Gasteiger partial charge in [-0.25, -0.2) is 4.98 Å². The van der Waals surface area contributed by atoms with Gasteiger partial charge in [-0.2, -0.15) is 0 Å². The van der Waals surface area contributed by atoms with E-state index >= 15 is 0 Å². The average Bonchev–Trinajstić information content (AvgIpc) is 2.99. The van der Waals surface area contributed by atoms with Gasteiger partial charge < -0.3 is 5.11 Å². The van der Waals surface area contributed by atoms with Crippen molar-refractivity contribution in [3.63, 3.8) is 0 Å². The molecule has 19 heavy (non-hydrogen) atoms. The summed E-state index contributed by atoms with van der Waals surface area (Å²) in [6.45, 7) is 5.86. The third-order valence-corrected chi connectivity index (χ3v) is 5.45. The standard InChI is InChI=1S/C14H14N2OS2/c1-3-4-9-11(17)6-5-10-12(9)19-14(16-10)13-15-8(2)7-18-13/h3,5-6,8,17H,1,4,7H2,2H3/t8-/m0/s1. The summed E-state index contributed by atoms with van der Waals surface area (Å²) in [4.78, 5) is 9.23. The van der Waals surface area contributed by atoms with E-state index in [1.807, 2.05) is 6.07 Å². The molecule has 0 bridgehead atoms. The molecule has 1 N–H and O–H groups in total. The van der Waals surface area contributed by atoms with E-state index in [-0.39, 0.29) is 0 Å². The van der Waals surface area contributed by atoms with Crippen molar-refractivity contribution in [1.29, 1.82) is 0 Å². The lowest BCUT2D eigenvalue weighted by atomic mass is 10.1. The van der Waals surface area contributed by atoms with E-state index in [4.69, 9.17) is 0 Å². The van der Waals surface area contributed by atoms with Crippen molar-refractivity contribution in [2.75, 3.05) is 5.75 Å². The molecule has 3 rings (SSSR count). The third-order valence-electron chi connectivity index (χ3n) is 2.97. The number of phenolic OH excluding ortho intramolecular Hbond substituents is 1. The Morgan fingerprint density at radius 2 is 2.37 bits per heavy atom. The molecule has 0 unspecified atom stereocenters. The number of hydrogen-bond acceptors (Lipinski definition) is 5. The van der Waals surface area contributed by atoms with Gasteiger partial charge in [-0.05, 0) is 25.5 Å². The Bertz CT molecular complexity index is 675. The number of nitrogens with zero attached hydrogens (tertiary/aromatic N) is 2. The quantitative estimate of drug-likeness (QED) is 0.878. The SMILES string of the molecule is C=CCc1c(O)ccc2nc(C3=N[C@@H](C)CS3)sc12. The van der Waals surface area contributed by atoms with Crippen LogP contribution in [0.25, 0.3) is 10.2 Å². The van der Waals surface area contributed by atoms with Crippen molar-refractivity contribution in [3.8, 4) is 5.75 Å². The zero-order valence-electron chi connectivity index (χ0n) is 10.6. The Labute approximate surface area is 120 Å². The summed E-state index contributed by atoms with van der Waals surface area (Å²) in [6, 6.07) is 3.94. The van der Waals surface area contributed by atoms with Crippen LogP contribution in [0.15, 0.2) is 29.8 Å². The number of allylic oxidation sites excluding steroid dienone is 1. The van der Waals surface area contributed by atoms with Crippen LogP contribution in [0.4, 0.5) is 0 Å². The van der Waals surface area contributed by atoms with Crippen LogP contribution < -0.4 is 0 Å². The highest BCUT2D eigenvalue weighted by molar-refractivity contribution is 8.15. The summed E-state index contributed by atoms with van der Waals surface area (Å²) in [7, 11) is 0. The van der Waals surface area contributed by atoms with E-state index in [0.717, 1.165) is 31.6 Å². The van der Waals surface area contributed by atoms with Crippen LogP contribution in [0.1, 0.15) is 17.5 Å². The molecule has 0 saturated carbocycles. The minimum atomic E-state index is 0.317. The minimum Gasteiger partial charge on any atom is -0.508 e. The van der Waals surface area contributed by atoms with Gasteiger partial charge in [-0.3, -0.25) is 4.99 Å². The summed E-state index contributed by atoms with van der Waals surface area (Å²) in [5.74, 6) is 1.34. The minimum absolute atomic E-state index is 0.317. The van der Waals surface area contributed by atoms with Gasteiger partial charge in [0.25, 0.3) is 0 Å². The highest BCUT2D eigenvalue weighted by Crippen LogP contribution is 2.35. The van der Waals surface area contributed by atoms with Gasteiger partial charge in [0.05, 0.1) is 16.3 Å². The van der Waals surface area contributed by atoms with Crippen molar-refractivity contribution >= 4 is 38.4 Å². The van der Waals surface area contributed by atoms with Gasteiger partial charge in [-0.1, -0.05) is 6.08 Å². The summed E-state index contributed by atoms with van der Waals surface area (Å²) in [5.41, 5.74) is 1.84. The largest absolute Gasteiger partial charge is 0.508 e. The molecule has 0 radical (unpaired) electrons. The second-order valence-electron chi connectivity index (χ2n) is 4.52. The van der Waals surface area contributed by atoms with Crippen LogP contribution in [-0.2, 0) is 6.42 Å². The first-order chi connectivity index (χ1) is 9.19. The predicted molar refractivity (Wildman–Crippen MR) is 83.6 cm³/mol. The molecule has 0 amide bonds. The van der Waals surface area contributed by atoms with Crippen LogP contribution in [0.2, 0.25) is 0 Å². The number of aromatic hydroxyl groups is 1. The maximum atomic E-state index is 9.95. The molecule has 5 heteroatoms. The van der Waals surface area contributed by atoms with Crippen molar-refractivity contribution < 1.29 is 5.11 Å². The normalized spacial score (nSPS) is 18.8. The number of hydrogen-bond donors (Lipinski definition) is 1. The van der Waals surface area contributed by atoms with E-state index in [0.29, 0.717) is 18.2 Å². The molecule has 1 aromatic carbocycles. The van der Waals surface area contributed by atoms with Gasteiger partial charge in [0.1, 0.15) is 15.8 Å². The summed E-state index contributed by atoms with van der Waals surface area (Å²) < 4.78 is 1.04. The van der Waals surface area contributed by atoms with Crippen molar-refractivity contribution in [2.45, 2.75) is 19.4 Å². The average molecular weight is 290 g/mol. The van der Waals surface area contributed by atoms with Gasteiger partial charge in [-0.15, -0.1) is 29.7 Å². The summed E-state index contributed by atoms with van der Waals surface area (Å²) >= 11 is 3.36. The number of benzene rings is 1. The molecule has 2 aromatic rings. The summed E-state index contributed by atoms with van der Waals surface area (Å²) in [5, 5.41) is 11.9. The fraction of sp³-hybridized carbons (Fsp3) is 0.286. The molecular formula is C14H14N2OS2. The van der Waals surface area contributed by atoms with Gasteiger partial charge in [0, 0.05) is 11.3 Å². The van der Waals surface area contributed by atoms with Gasteiger partial charge in [0.2, 0.25) is 0 Å². The summed E-state index contributed by atoms with van der Waals surface area (Å²) in [6.07, 6.45) is 2.46. The Morgan fingerprint density at radius 1 is 1.53 bits per heavy atom. The first kappa shape index (κ1) is 12.7. The molecule has 2 heterocycles. The molecule has 3 nitrogen and oxygen atoms in total. The Hall–Kier alpha value is -1.33. The van der Waals surface area contributed by atoms with Gasteiger partial charge in [0.15, 0.2) is 0 Å². The molecular weight excluding hydrogens is 276 g/mol. The van der Waals surface area contributed by atoms with E-state index in [2.05, 4.69) is 23.5 Å². The molecule has 1 atom stereocenters. The lowest BCUT2D eigenvalue weighted by molar-refractivity contribution is 0.471. The number of rotatable bonds is 3. The lowest BCUT2D eigenvalue weighted by Gasteiger charge is -2.01. The lowest BCUT2D eigenvalue weighted by Crippen LogP contribution is -1.93. The number of aromatic nitrogens is 1. The number of thioether (sulfide) groups is 1. The molecule has 1 aliphatic rings. The predicted octanol–water partition coefficient (Wildman–Crippen LogP) is 3.61. The van der Waals surface area contributed by atoms with E-state index < -0.39 is 0 Å². The highest BCUT2D eigenvalue weighted by atomic mass is 32.2. The first-order valence-corrected chi connectivity index (χ1v) is 7.92. The van der Waals surface area contributed by atoms with Crippen molar-refractivity contribution in [3.05, 3.63) is 35.4 Å². The smallest absolute Gasteiger partial charge is 0.149 e. The first-order valence-electron chi connectivity index (χ1n) is 6.12. The van der Waals surface area contributed by atoms with Gasteiger partial charge >= 0.3 is 0 Å². The number of aliphatic imine (C=N–C) groups is 1. The van der Waals surface area contributed by atoms with E-state index in [9.17, 15) is 5.11 Å². The van der Waals surface area contributed by atoms with Crippen LogP contribution in [0.5, 0.6) is 5.75 Å². The molecule has 0 saturated heterocycles. The van der Waals surface area contributed by atoms with Crippen LogP contribution in [0, 0.1) is 0 Å². The second-order valence-corrected chi connectivity index (χ2v) is 6.53. The topological polar surface area (TPSA) is 45.5 Å². The van der Waals surface area contributed by atoms with E-state index in [1.54, 1.807) is 35.2 Å².